The highest BCUT2D eigenvalue weighted by Gasteiger charge is 2.11. The lowest BCUT2D eigenvalue weighted by Gasteiger charge is -2.06. The zero-order valence-corrected chi connectivity index (χ0v) is 10.5. The van der Waals surface area contributed by atoms with E-state index in [1.54, 1.807) is 12.1 Å². The number of phenolic OH excluding ortho intramolecular Hbond substituents is 1. The number of hydrogen-bond donors (Lipinski definition) is 1. The van der Waals surface area contributed by atoms with Crippen LogP contribution in [0.3, 0.4) is 0 Å². The maximum atomic E-state index is 11.6. The number of carbonyl (C=O) groups is 2. The first-order valence-electron chi connectivity index (χ1n) is 6.05. The Bertz CT molecular complexity index is 401. The van der Waals surface area contributed by atoms with E-state index in [-0.39, 0.29) is 17.2 Å². The number of phenols is 1. The van der Waals surface area contributed by atoms with Gasteiger partial charge in [0.05, 0.1) is 6.61 Å². The van der Waals surface area contributed by atoms with Crippen LogP contribution in [0.2, 0.25) is 0 Å². The van der Waals surface area contributed by atoms with Gasteiger partial charge in [-0.15, -0.1) is 0 Å². The Morgan fingerprint density at radius 3 is 2.78 bits per heavy atom. The van der Waals surface area contributed by atoms with Gasteiger partial charge in [-0.3, -0.25) is 0 Å². The first-order valence-corrected chi connectivity index (χ1v) is 6.05. The molecule has 1 unspecified atom stereocenters. The van der Waals surface area contributed by atoms with Crippen molar-refractivity contribution in [3.63, 3.8) is 0 Å². The molecule has 0 fully saturated rings. The molecular formula is C14H18O4. The highest BCUT2D eigenvalue weighted by atomic mass is 16.5. The van der Waals surface area contributed by atoms with Gasteiger partial charge in [-0.25, -0.2) is 4.79 Å². The monoisotopic (exact) mass is 250 g/mol. The van der Waals surface area contributed by atoms with Crippen LogP contribution in [0.1, 0.15) is 36.5 Å². The molecule has 1 aromatic rings. The summed E-state index contributed by atoms with van der Waals surface area (Å²) in [6, 6.07) is 6.28. The molecule has 0 bridgehead atoms. The van der Waals surface area contributed by atoms with Crippen molar-refractivity contribution in [2.75, 3.05) is 6.61 Å². The van der Waals surface area contributed by atoms with Gasteiger partial charge in [0, 0.05) is 5.92 Å². The van der Waals surface area contributed by atoms with Crippen molar-refractivity contribution in [3.8, 4) is 5.75 Å². The molecule has 98 valence electrons. The molecule has 0 radical (unpaired) electrons. The number of para-hydroxylation sites is 1. The Morgan fingerprint density at radius 2 is 2.11 bits per heavy atom. The fraction of sp³-hybridized carbons (Fsp3) is 0.429. The molecule has 0 aliphatic heterocycles. The summed E-state index contributed by atoms with van der Waals surface area (Å²) < 4.78 is 5.04. The van der Waals surface area contributed by atoms with Gasteiger partial charge in [-0.05, 0) is 31.4 Å². The maximum absolute atomic E-state index is 11.6. The molecule has 0 spiro atoms. The lowest BCUT2D eigenvalue weighted by Crippen LogP contribution is -2.07. The summed E-state index contributed by atoms with van der Waals surface area (Å²) in [6.07, 6.45) is 3.29. The number of rotatable bonds is 7. The molecule has 0 amide bonds. The SMILES string of the molecule is CC(C=O)CCCCOC(=O)c1ccccc1O. The minimum Gasteiger partial charge on any atom is -0.507 e. The topological polar surface area (TPSA) is 63.6 Å². The van der Waals surface area contributed by atoms with Crippen molar-refractivity contribution in [2.45, 2.75) is 26.2 Å². The predicted octanol–water partition coefficient (Wildman–Crippen LogP) is 2.55. The lowest BCUT2D eigenvalue weighted by molar-refractivity contribution is -0.110. The van der Waals surface area contributed by atoms with Crippen LogP contribution in [-0.4, -0.2) is 24.0 Å². The number of hydrogen-bond acceptors (Lipinski definition) is 4. The quantitative estimate of drug-likeness (QED) is 0.459. The Balaban J connectivity index is 2.26. The molecule has 0 aliphatic carbocycles. The molecule has 0 heterocycles. The van der Waals surface area contributed by atoms with E-state index in [0.717, 1.165) is 25.5 Å². The van der Waals surface area contributed by atoms with Gasteiger partial charge < -0.3 is 14.6 Å². The average molecular weight is 250 g/mol. The van der Waals surface area contributed by atoms with Crippen molar-refractivity contribution < 1.29 is 19.4 Å². The van der Waals surface area contributed by atoms with Gasteiger partial charge in [-0.1, -0.05) is 19.1 Å². The van der Waals surface area contributed by atoms with E-state index < -0.39 is 5.97 Å². The van der Waals surface area contributed by atoms with Crippen molar-refractivity contribution in [1.29, 1.82) is 0 Å². The molecule has 1 N–H and O–H groups in total. The van der Waals surface area contributed by atoms with Crippen LogP contribution in [0.25, 0.3) is 0 Å². The minimum absolute atomic E-state index is 0.0545. The molecule has 1 aromatic carbocycles. The van der Waals surface area contributed by atoms with Gasteiger partial charge in [0.15, 0.2) is 0 Å². The van der Waals surface area contributed by atoms with Crippen molar-refractivity contribution in [2.24, 2.45) is 5.92 Å². The number of unbranched alkanes of at least 4 members (excludes halogenated alkanes) is 1. The van der Waals surface area contributed by atoms with Gasteiger partial charge >= 0.3 is 5.97 Å². The molecule has 4 heteroatoms. The summed E-state index contributed by atoms with van der Waals surface area (Å²) in [7, 11) is 0. The third-order valence-electron chi connectivity index (χ3n) is 2.64. The summed E-state index contributed by atoms with van der Waals surface area (Å²) in [6.45, 7) is 2.17. The first kappa shape index (κ1) is 14.2. The number of aldehydes is 1. The molecule has 1 atom stereocenters. The van der Waals surface area contributed by atoms with Crippen molar-refractivity contribution in [3.05, 3.63) is 29.8 Å². The predicted molar refractivity (Wildman–Crippen MR) is 67.5 cm³/mol. The van der Waals surface area contributed by atoms with Gasteiger partial charge in [0.1, 0.15) is 17.6 Å². The van der Waals surface area contributed by atoms with E-state index in [1.165, 1.54) is 12.1 Å². The van der Waals surface area contributed by atoms with Gasteiger partial charge in [0.2, 0.25) is 0 Å². The molecule has 0 aliphatic rings. The number of carbonyl (C=O) groups excluding carboxylic acids is 2. The third kappa shape index (κ3) is 4.57. The van der Waals surface area contributed by atoms with Crippen molar-refractivity contribution in [1.82, 2.24) is 0 Å². The largest absolute Gasteiger partial charge is 0.507 e. The fourth-order valence-corrected chi connectivity index (χ4v) is 1.53. The Morgan fingerprint density at radius 1 is 1.39 bits per heavy atom. The van der Waals surface area contributed by atoms with E-state index in [0.29, 0.717) is 6.61 Å². The fourth-order valence-electron chi connectivity index (χ4n) is 1.53. The maximum Gasteiger partial charge on any atom is 0.341 e. The first-order chi connectivity index (χ1) is 8.65. The lowest BCUT2D eigenvalue weighted by atomic mass is 10.1. The summed E-state index contributed by atoms with van der Waals surface area (Å²) in [4.78, 5) is 22.0. The summed E-state index contributed by atoms with van der Waals surface area (Å²) in [5.41, 5.74) is 0.179. The van der Waals surface area contributed by atoms with Gasteiger partial charge in [0.25, 0.3) is 0 Å². The smallest absolute Gasteiger partial charge is 0.341 e. The van der Waals surface area contributed by atoms with Crippen LogP contribution in [0.15, 0.2) is 24.3 Å². The molecular weight excluding hydrogens is 232 g/mol. The van der Waals surface area contributed by atoms with Gasteiger partial charge in [-0.2, -0.15) is 0 Å². The van der Waals surface area contributed by atoms with Crippen LogP contribution in [-0.2, 0) is 9.53 Å². The van der Waals surface area contributed by atoms with Crippen LogP contribution in [0.4, 0.5) is 0 Å². The Labute approximate surface area is 107 Å². The zero-order chi connectivity index (χ0) is 13.4. The minimum atomic E-state index is -0.517. The summed E-state index contributed by atoms with van der Waals surface area (Å²) in [5, 5.41) is 9.45. The normalized spacial score (nSPS) is 11.8. The van der Waals surface area contributed by atoms with Crippen LogP contribution >= 0.6 is 0 Å². The second kappa shape index (κ2) is 7.48. The third-order valence-corrected chi connectivity index (χ3v) is 2.64. The molecule has 0 saturated heterocycles. The van der Waals surface area contributed by atoms with E-state index >= 15 is 0 Å². The summed E-state index contributed by atoms with van der Waals surface area (Å²) in [5.74, 6) is -0.535. The van der Waals surface area contributed by atoms with E-state index in [4.69, 9.17) is 4.74 Å². The number of benzene rings is 1. The molecule has 1 rings (SSSR count). The van der Waals surface area contributed by atoms with E-state index in [1.807, 2.05) is 6.92 Å². The molecule has 18 heavy (non-hydrogen) atoms. The van der Waals surface area contributed by atoms with Crippen LogP contribution < -0.4 is 0 Å². The van der Waals surface area contributed by atoms with E-state index in [2.05, 4.69) is 0 Å². The standard InChI is InChI=1S/C14H18O4/c1-11(10-15)6-4-5-9-18-14(17)12-7-2-3-8-13(12)16/h2-3,7-8,10-11,16H,4-6,9H2,1H3. The van der Waals surface area contributed by atoms with Crippen LogP contribution in [0, 0.1) is 5.92 Å². The number of aromatic hydroxyl groups is 1. The molecule has 0 saturated carbocycles. The van der Waals surface area contributed by atoms with E-state index in [9.17, 15) is 14.7 Å². The highest BCUT2D eigenvalue weighted by molar-refractivity contribution is 5.92. The van der Waals surface area contributed by atoms with Crippen molar-refractivity contribution >= 4 is 12.3 Å². The number of ether oxygens (including phenoxy) is 1. The summed E-state index contributed by atoms with van der Waals surface area (Å²) >= 11 is 0. The molecule has 0 aromatic heterocycles. The average Bonchev–Trinajstić information content (AvgIpc) is 2.38. The number of esters is 1. The highest BCUT2D eigenvalue weighted by Crippen LogP contribution is 2.16. The molecule has 4 nitrogen and oxygen atoms in total. The Hall–Kier alpha value is -1.84. The van der Waals surface area contributed by atoms with Crippen LogP contribution in [0.5, 0.6) is 5.75 Å². The Kier molecular flexibility index (Phi) is 5.91. The second-order valence-electron chi connectivity index (χ2n) is 4.26. The second-order valence-corrected chi connectivity index (χ2v) is 4.26. The zero-order valence-electron chi connectivity index (χ0n) is 10.5.